The molecule has 1 atom stereocenters. The third kappa shape index (κ3) is 3.31. The van der Waals surface area contributed by atoms with Gasteiger partial charge in [-0.05, 0) is 18.6 Å². The fourth-order valence-electron chi connectivity index (χ4n) is 1.20. The van der Waals surface area contributed by atoms with Gasteiger partial charge < -0.3 is 11.1 Å². The summed E-state index contributed by atoms with van der Waals surface area (Å²) in [6.45, 7) is 3.88. The first-order chi connectivity index (χ1) is 7.54. The maximum Gasteiger partial charge on any atom is 0.227 e. The van der Waals surface area contributed by atoms with Crippen LogP contribution in [-0.4, -0.2) is 10.9 Å². The van der Waals surface area contributed by atoms with E-state index in [0.29, 0.717) is 4.99 Å². The minimum absolute atomic E-state index is 0.00786. The highest BCUT2D eigenvalue weighted by Crippen LogP contribution is 2.12. The van der Waals surface area contributed by atoms with E-state index in [1.165, 1.54) is 0 Å². The highest BCUT2D eigenvalue weighted by molar-refractivity contribution is 7.80. The summed E-state index contributed by atoms with van der Waals surface area (Å²) in [4.78, 5) is 12.0. The zero-order chi connectivity index (χ0) is 12.1. The topological polar surface area (TPSA) is 55.1 Å². The van der Waals surface area contributed by atoms with Crippen molar-refractivity contribution in [1.82, 2.24) is 0 Å². The van der Waals surface area contributed by atoms with Crippen molar-refractivity contribution in [3.63, 3.8) is 0 Å². The summed E-state index contributed by atoms with van der Waals surface area (Å²) in [5.41, 5.74) is 7.01. The molecule has 1 aromatic carbocycles. The van der Waals surface area contributed by atoms with Crippen molar-refractivity contribution in [3.05, 3.63) is 29.8 Å². The first-order valence-corrected chi connectivity index (χ1v) is 5.66. The molecule has 0 aliphatic carbocycles. The number of hydrogen-bond donors (Lipinski definition) is 2. The van der Waals surface area contributed by atoms with Crippen LogP contribution in [0, 0.1) is 5.92 Å². The Morgan fingerprint density at radius 2 is 2.25 bits per heavy atom. The Kier molecular flexibility index (Phi) is 4.43. The Hall–Kier alpha value is -1.42. The Morgan fingerprint density at radius 3 is 2.81 bits per heavy atom. The fourth-order valence-corrected chi connectivity index (χ4v) is 1.33. The number of carbonyl (C=O) groups is 1. The molecule has 0 aliphatic heterocycles. The van der Waals surface area contributed by atoms with Crippen molar-refractivity contribution in [2.45, 2.75) is 20.3 Å². The molecular weight excluding hydrogens is 220 g/mol. The number of nitrogens with two attached hydrogens (primary N) is 1. The molecule has 0 fully saturated rings. The summed E-state index contributed by atoms with van der Waals surface area (Å²) < 4.78 is 0. The third-order valence-corrected chi connectivity index (χ3v) is 2.71. The number of benzene rings is 1. The molecule has 1 unspecified atom stereocenters. The van der Waals surface area contributed by atoms with Gasteiger partial charge >= 0.3 is 0 Å². The van der Waals surface area contributed by atoms with Gasteiger partial charge in [0, 0.05) is 17.2 Å². The molecule has 0 saturated carbocycles. The Labute approximate surface area is 101 Å². The van der Waals surface area contributed by atoms with Crippen molar-refractivity contribution >= 4 is 28.8 Å². The summed E-state index contributed by atoms with van der Waals surface area (Å²) in [5.74, 6) is 0.0241. The van der Waals surface area contributed by atoms with E-state index in [-0.39, 0.29) is 11.8 Å². The molecule has 3 N–H and O–H groups in total. The van der Waals surface area contributed by atoms with E-state index in [9.17, 15) is 4.79 Å². The van der Waals surface area contributed by atoms with E-state index in [2.05, 4.69) is 5.32 Å². The molecule has 1 rings (SSSR count). The molecular formula is C12H16N2OS. The molecule has 4 heteroatoms. The zero-order valence-electron chi connectivity index (χ0n) is 9.49. The van der Waals surface area contributed by atoms with Crippen molar-refractivity contribution in [2.75, 3.05) is 5.32 Å². The van der Waals surface area contributed by atoms with Crippen molar-refractivity contribution in [3.8, 4) is 0 Å². The Bertz CT molecular complexity index is 404. The second-order valence-corrected chi connectivity index (χ2v) is 4.18. The van der Waals surface area contributed by atoms with Crippen LogP contribution in [0.25, 0.3) is 0 Å². The van der Waals surface area contributed by atoms with Gasteiger partial charge in [-0.3, -0.25) is 4.79 Å². The summed E-state index contributed by atoms with van der Waals surface area (Å²) >= 11 is 4.87. The highest BCUT2D eigenvalue weighted by Gasteiger charge is 2.10. The molecule has 0 aliphatic rings. The van der Waals surface area contributed by atoms with Crippen molar-refractivity contribution in [2.24, 2.45) is 11.7 Å². The summed E-state index contributed by atoms with van der Waals surface area (Å²) in [6.07, 6.45) is 0.820. The molecule has 0 aromatic heterocycles. The normalized spacial score (nSPS) is 11.9. The molecule has 0 bridgehead atoms. The lowest BCUT2D eigenvalue weighted by atomic mass is 10.1. The Balaban J connectivity index is 2.78. The highest BCUT2D eigenvalue weighted by atomic mass is 32.1. The van der Waals surface area contributed by atoms with Crippen molar-refractivity contribution in [1.29, 1.82) is 0 Å². The molecule has 0 radical (unpaired) electrons. The number of anilines is 1. The van der Waals surface area contributed by atoms with Gasteiger partial charge in [0.2, 0.25) is 5.91 Å². The van der Waals surface area contributed by atoms with Gasteiger partial charge in [-0.1, -0.05) is 38.2 Å². The third-order valence-electron chi connectivity index (χ3n) is 2.47. The van der Waals surface area contributed by atoms with Gasteiger partial charge in [-0.25, -0.2) is 0 Å². The van der Waals surface area contributed by atoms with Gasteiger partial charge in [-0.15, -0.1) is 0 Å². The lowest BCUT2D eigenvalue weighted by Crippen LogP contribution is -2.20. The number of carbonyl (C=O) groups excluding carboxylic acids is 1. The van der Waals surface area contributed by atoms with E-state index in [1.807, 2.05) is 32.0 Å². The number of rotatable bonds is 4. The lowest BCUT2D eigenvalue weighted by molar-refractivity contribution is -0.119. The number of amides is 1. The van der Waals surface area contributed by atoms with E-state index in [0.717, 1.165) is 17.7 Å². The average molecular weight is 236 g/mol. The fraction of sp³-hybridized carbons (Fsp3) is 0.333. The smallest absolute Gasteiger partial charge is 0.227 e. The summed E-state index contributed by atoms with van der Waals surface area (Å²) in [6, 6.07) is 7.24. The van der Waals surface area contributed by atoms with Gasteiger partial charge in [0.15, 0.2) is 0 Å². The van der Waals surface area contributed by atoms with Crippen LogP contribution in [0.3, 0.4) is 0 Å². The molecule has 16 heavy (non-hydrogen) atoms. The maximum absolute atomic E-state index is 11.6. The van der Waals surface area contributed by atoms with Gasteiger partial charge in [0.05, 0.1) is 0 Å². The molecule has 3 nitrogen and oxygen atoms in total. The van der Waals surface area contributed by atoms with Crippen LogP contribution in [0.5, 0.6) is 0 Å². The predicted molar refractivity (Wildman–Crippen MR) is 70.4 cm³/mol. The molecule has 1 aromatic rings. The molecule has 0 heterocycles. The number of thiocarbonyl (C=S) groups is 1. The minimum atomic E-state index is 0.00786. The second kappa shape index (κ2) is 5.61. The molecule has 86 valence electrons. The predicted octanol–water partition coefficient (Wildman–Crippen LogP) is 2.31. The first-order valence-electron chi connectivity index (χ1n) is 5.25. The van der Waals surface area contributed by atoms with E-state index < -0.39 is 0 Å². The Morgan fingerprint density at radius 1 is 1.56 bits per heavy atom. The van der Waals surface area contributed by atoms with Gasteiger partial charge in [-0.2, -0.15) is 0 Å². The van der Waals surface area contributed by atoms with E-state index >= 15 is 0 Å². The maximum atomic E-state index is 11.6. The van der Waals surface area contributed by atoms with Crippen LogP contribution >= 0.6 is 12.2 Å². The molecule has 0 spiro atoms. The van der Waals surface area contributed by atoms with E-state index in [1.54, 1.807) is 6.07 Å². The van der Waals surface area contributed by atoms with Crippen LogP contribution < -0.4 is 11.1 Å². The summed E-state index contributed by atoms with van der Waals surface area (Å²) in [5, 5.41) is 2.83. The number of hydrogen-bond acceptors (Lipinski definition) is 2. The van der Waals surface area contributed by atoms with E-state index in [4.69, 9.17) is 18.0 Å². The summed E-state index contributed by atoms with van der Waals surface area (Å²) in [7, 11) is 0. The lowest BCUT2D eigenvalue weighted by Gasteiger charge is -2.10. The molecule has 0 saturated heterocycles. The second-order valence-electron chi connectivity index (χ2n) is 3.74. The minimum Gasteiger partial charge on any atom is -0.389 e. The van der Waals surface area contributed by atoms with Crippen LogP contribution in [0.15, 0.2) is 24.3 Å². The zero-order valence-corrected chi connectivity index (χ0v) is 10.3. The average Bonchev–Trinajstić information content (AvgIpc) is 2.28. The van der Waals surface area contributed by atoms with Crippen LogP contribution in [0.2, 0.25) is 0 Å². The van der Waals surface area contributed by atoms with Crippen molar-refractivity contribution < 1.29 is 4.79 Å². The molecule has 1 amide bonds. The van der Waals surface area contributed by atoms with Crippen LogP contribution in [0.4, 0.5) is 5.69 Å². The van der Waals surface area contributed by atoms with Gasteiger partial charge in [0.25, 0.3) is 0 Å². The standard InChI is InChI=1S/C12H16N2OS/c1-3-8(2)12(15)14-10-6-4-5-9(7-10)11(13)16/h4-8H,3H2,1-2H3,(H2,13,16)(H,14,15). The monoisotopic (exact) mass is 236 g/mol. The van der Waals surface area contributed by atoms with Crippen LogP contribution in [0.1, 0.15) is 25.8 Å². The quantitative estimate of drug-likeness (QED) is 0.789. The van der Waals surface area contributed by atoms with Gasteiger partial charge in [0.1, 0.15) is 4.99 Å². The first kappa shape index (κ1) is 12.6. The number of nitrogens with one attached hydrogen (secondary N) is 1. The SMILES string of the molecule is CCC(C)C(=O)Nc1cccc(C(N)=S)c1. The largest absolute Gasteiger partial charge is 0.389 e. The van der Waals surface area contributed by atoms with Crippen LogP contribution in [-0.2, 0) is 4.79 Å².